The van der Waals surface area contributed by atoms with Crippen molar-refractivity contribution < 1.29 is 9.18 Å². The Morgan fingerprint density at radius 3 is 2.52 bits per heavy atom. The third kappa shape index (κ3) is 4.56. The molecule has 2 N–H and O–H groups in total. The van der Waals surface area contributed by atoms with Crippen LogP contribution in [0.1, 0.15) is 40.5 Å². The Morgan fingerprint density at radius 1 is 1.16 bits per heavy atom. The monoisotopic (exact) mass is 419 g/mol. The molecule has 2 heterocycles. The quantitative estimate of drug-likeness (QED) is 0.658. The second-order valence-electron chi connectivity index (χ2n) is 8.06. The van der Waals surface area contributed by atoms with E-state index in [0.29, 0.717) is 11.5 Å². The van der Waals surface area contributed by atoms with Crippen LogP contribution in [0, 0.1) is 5.82 Å². The molecule has 1 fully saturated rings. The minimum absolute atomic E-state index is 0.123. The zero-order chi connectivity index (χ0) is 22.0. The SMILES string of the molecule is CN(C)c1ncc(-c2ccc(C(N)=O)cc2)c([C@H]2CCCN2Cc2ccc(F)cc2)n1. The number of benzene rings is 2. The first-order valence-electron chi connectivity index (χ1n) is 10.4. The maximum atomic E-state index is 13.3. The predicted octanol–water partition coefficient (Wildman–Crippen LogP) is 3.78. The van der Waals surface area contributed by atoms with Gasteiger partial charge in [-0.15, -0.1) is 0 Å². The van der Waals surface area contributed by atoms with E-state index in [1.807, 2.05) is 49.5 Å². The smallest absolute Gasteiger partial charge is 0.248 e. The summed E-state index contributed by atoms with van der Waals surface area (Å²) in [5.74, 6) is -0.0248. The summed E-state index contributed by atoms with van der Waals surface area (Å²) in [6.45, 7) is 1.68. The summed E-state index contributed by atoms with van der Waals surface area (Å²) in [6, 6.07) is 14.0. The highest BCUT2D eigenvalue weighted by Crippen LogP contribution is 2.38. The summed E-state index contributed by atoms with van der Waals surface area (Å²) >= 11 is 0. The molecule has 4 rings (SSSR count). The van der Waals surface area contributed by atoms with Gasteiger partial charge in [0.05, 0.1) is 11.7 Å². The van der Waals surface area contributed by atoms with Crippen molar-refractivity contribution in [1.82, 2.24) is 14.9 Å². The second kappa shape index (κ2) is 8.81. The normalized spacial score (nSPS) is 16.4. The van der Waals surface area contributed by atoms with Crippen molar-refractivity contribution in [2.24, 2.45) is 5.73 Å². The highest BCUT2D eigenvalue weighted by molar-refractivity contribution is 5.93. The van der Waals surface area contributed by atoms with E-state index in [1.54, 1.807) is 12.1 Å². The summed E-state index contributed by atoms with van der Waals surface area (Å²) in [6.07, 6.45) is 3.90. The zero-order valence-electron chi connectivity index (χ0n) is 17.8. The van der Waals surface area contributed by atoms with Crippen LogP contribution in [0.5, 0.6) is 0 Å². The molecule has 0 aliphatic carbocycles. The van der Waals surface area contributed by atoms with Gasteiger partial charge < -0.3 is 10.6 Å². The summed E-state index contributed by atoms with van der Waals surface area (Å²) in [5, 5.41) is 0. The summed E-state index contributed by atoms with van der Waals surface area (Å²) in [5.41, 5.74) is 9.77. The van der Waals surface area contributed by atoms with Gasteiger partial charge in [-0.2, -0.15) is 0 Å². The lowest BCUT2D eigenvalue weighted by Gasteiger charge is -2.26. The van der Waals surface area contributed by atoms with E-state index in [-0.39, 0.29) is 11.9 Å². The molecule has 0 radical (unpaired) electrons. The van der Waals surface area contributed by atoms with Crippen LogP contribution < -0.4 is 10.6 Å². The molecule has 6 nitrogen and oxygen atoms in total. The third-order valence-electron chi connectivity index (χ3n) is 5.66. The van der Waals surface area contributed by atoms with Crippen molar-refractivity contribution in [2.45, 2.75) is 25.4 Å². The topological polar surface area (TPSA) is 75.4 Å². The minimum atomic E-state index is -0.452. The number of hydrogen-bond donors (Lipinski definition) is 1. The van der Waals surface area contributed by atoms with Crippen molar-refractivity contribution >= 4 is 11.9 Å². The van der Waals surface area contributed by atoms with E-state index in [1.165, 1.54) is 12.1 Å². The van der Waals surface area contributed by atoms with E-state index < -0.39 is 5.91 Å². The lowest BCUT2D eigenvalue weighted by atomic mass is 9.98. The van der Waals surface area contributed by atoms with Gasteiger partial charge in [0.1, 0.15) is 5.82 Å². The average Bonchev–Trinajstić information content (AvgIpc) is 3.23. The Balaban J connectivity index is 1.71. The van der Waals surface area contributed by atoms with E-state index in [9.17, 15) is 9.18 Å². The standard InChI is InChI=1S/C24H26FN5O/c1-29(2)24-27-14-20(17-7-9-18(10-8-17)23(26)31)22(28-24)21-4-3-13-30(21)15-16-5-11-19(25)12-6-16/h5-12,14,21H,3-4,13,15H2,1-2H3,(H2,26,31)/t21-/m1/s1. The number of rotatable bonds is 6. The molecule has 0 unspecified atom stereocenters. The Bertz CT molecular complexity index is 1070. The van der Waals surface area contributed by atoms with Crippen molar-refractivity contribution in [3.8, 4) is 11.1 Å². The number of anilines is 1. The number of hydrogen-bond acceptors (Lipinski definition) is 5. The van der Waals surface area contributed by atoms with Gasteiger partial charge in [0, 0.05) is 38.0 Å². The number of carbonyl (C=O) groups excluding carboxylic acids is 1. The minimum Gasteiger partial charge on any atom is -0.366 e. The molecule has 7 heteroatoms. The molecule has 3 aromatic rings. The van der Waals surface area contributed by atoms with Crippen molar-refractivity contribution in [3.63, 3.8) is 0 Å². The predicted molar refractivity (Wildman–Crippen MR) is 119 cm³/mol. The third-order valence-corrected chi connectivity index (χ3v) is 5.66. The molecule has 2 aromatic carbocycles. The molecule has 160 valence electrons. The molecule has 1 aromatic heterocycles. The molecular formula is C24H26FN5O. The van der Waals surface area contributed by atoms with Gasteiger partial charge in [-0.25, -0.2) is 14.4 Å². The number of primary amides is 1. The van der Waals surface area contributed by atoms with Gasteiger partial charge in [-0.3, -0.25) is 9.69 Å². The number of aromatic nitrogens is 2. The highest BCUT2D eigenvalue weighted by atomic mass is 19.1. The summed E-state index contributed by atoms with van der Waals surface area (Å²) in [4.78, 5) is 25.2. The van der Waals surface area contributed by atoms with Gasteiger partial charge in [0.15, 0.2) is 0 Å². The fraction of sp³-hybridized carbons (Fsp3) is 0.292. The Labute approximate surface area is 181 Å². The number of amides is 1. The highest BCUT2D eigenvalue weighted by Gasteiger charge is 2.30. The van der Waals surface area contributed by atoms with Gasteiger partial charge in [-0.1, -0.05) is 24.3 Å². The number of halogens is 1. The van der Waals surface area contributed by atoms with Crippen LogP contribution in [0.25, 0.3) is 11.1 Å². The average molecular weight is 420 g/mol. The summed E-state index contributed by atoms with van der Waals surface area (Å²) in [7, 11) is 3.84. The van der Waals surface area contributed by atoms with Crippen LogP contribution in [0.2, 0.25) is 0 Å². The number of likely N-dealkylation sites (tertiary alicyclic amines) is 1. The second-order valence-corrected chi connectivity index (χ2v) is 8.06. The van der Waals surface area contributed by atoms with Gasteiger partial charge in [0.25, 0.3) is 0 Å². The van der Waals surface area contributed by atoms with E-state index in [4.69, 9.17) is 10.7 Å². The van der Waals surface area contributed by atoms with Crippen molar-refractivity contribution in [3.05, 3.63) is 77.4 Å². The largest absolute Gasteiger partial charge is 0.366 e. The molecule has 1 aliphatic rings. The number of nitrogens with two attached hydrogens (primary N) is 1. The Morgan fingerprint density at radius 2 is 1.87 bits per heavy atom. The lowest BCUT2D eigenvalue weighted by Crippen LogP contribution is -2.25. The molecule has 1 aliphatic heterocycles. The molecule has 0 saturated carbocycles. The number of nitrogens with zero attached hydrogens (tertiary/aromatic N) is 4. The first-order chi connectivity index (χ1) is 14.9. The first-order valence-corrected chi connectivity index (χ1v) is 10.4. The molecule has 0 bridgehead atoms. The van der Waals surface area contributed by atoms with E-state index >= 15 is 0 Å². The Hall–Kier alpha value is -3.32. The maximum Gasteiger partial charge on any atom is 0.248 e. The molecular weight excluding hydrogens is 393 g/mol. The molecule has 31 heavy (non-hydrogen) atoms. The van der Waals surface area contributed by atoms with Gasteiger partial charge in [-0.05, 0) is 54.8 Å². The van der Waals surface area contributed by atoms with E-state index in [0.717, 1.165) is 48.3 Å². The van der Waals surface area contributed by atoms with Crippen LogP contribution in [-0.4, -0.2) is 41.4 Å². The Kier molecular flexibility index (Phi) is 5.95. The van der Waals surface area contributed by atoms with Crippen LogP contribution in [0.3, 0.4) is 0 Å². The molecule has 1 atom stereocenters. The molecule has 0 spiro atoms. The van der Waals surface area contributed by atoms with E-state index in [2.05, 4.69) is 9.88 Å². The van der Waals surface area contributed by atoms with Crippen LogP contribution >= 0.6 is 0 Å². The lowest BCUT2D eigenvalue weighted by molar-refractivity contribution is 0.100. The molecule has 1 saturated heterocycles. The first kappa shape index (κ1) is 20.9. The van der Waals surface area contributed by atoms with Crippen molar-refractivity contribution in [2.75, 3.05) is 25.5 Å². The van der Waals surface area contributed by atoms with Gasteiger partial charge in [0.2, 0.25) is 11.9 Å². The van der Waals surface area contributed by atoms with Crippen molar-refractivity contribution in [1.29, 1.82) is 0 Å². The fourth-order valence-corrected chi connectivity index (χ4v) is 4.04. The van der Waals surface area contributed by atoms with Gasteiger partial charge >= 0.3 is 0 Å². The van der Waals surface area contributed by atoms with Crippen LogP contribution in [-0.2, 0) is 6.54 Å². The van der Waals surface area contributed by atoms with Crippen LogP contribution in [0.4, 0.5) is 10.3 Å². The van der Waals surface area contributed by atoms with Crippen LogP contribution in [0.15, 0.2) is 54.7 Å². The maximum absolute atomic E-state index is 13.3. The fourth-order valence-electron chi connectivity index (χ4n) is 4.04. The number of carbonyl (C=O) groups is 1. The zero-order valence-corrected chi connectivity index (χ0v) is 17.8. The summed E-state index contributed by atoms with van der Waals surface area (Å²) < 4.78 is 13.3. The molecule has 1 amide bonds.